The maximum atomic E-state index is 10.7. The summed E-state index contributed by atoms with van der Waals surface area (Å²) < 4.78 is 6.72. The first-order valence-corrected chi connectivity index (χ1v) is 8.03. The number of benzene rings is 2. The first-order valence-electron chi connectivity index (χ1n) is 7.24. The van der Waals surface area contributed by atoms with Crippen LogP contribution in [-0.2, 0) is 12.8 Å². The van der Waals surface area contributed by atoms with Crippen LogP contribution in [-0.4, -0.2) is 11.7 Å². The summed E-state index contributed by atoms with van der Waals surface area (Å²) in [6.45, 7) is 4.87. The highest BCUT2D eigenvalue weighted by molar-refractivity contribution is 9.10. The Morgan fingerprint density at radius 2 is 2.05 bits per heavy atom. The molecule has 0 saturated carbocycles. The Hall–Kier alpha value is -1.32. The molecule has 21 heavy (non-hydrogen) atoms. The van der Waals surface area contributed by atoms with E-state index >= 15 is 0 Å². The van der Waals surface area contributed by atoms with Crippen LogP contribution in [0.3, 0.4) is 0 Å². The number of aryl methyl sites for hydroxylation is 2. The van der Waals surface area contributed by atoms with E-state index in [4.69, 9.17) is 4.74 Å². The monoisotopic (exact) mass is 346 g/mol. The Balaban J connectivity index is 1.92. The highest BCUT2D eigenvalue weighted by Crippen LogP contribution is 2.37. The summed E-state index contributed by atoms with van der Waals surface area (Å²) in [6.07, 6.45) is 0.979. The Morgan fingerprint density at radius 3 is 2.86 bits per heavy atom. The second-order valence-corrected chi connectivity index (χ2v) is 6.65. The van der Waals surface area contributed by atoms with Gasteiger partial charge in [-0.15, -0.1) is 0 Å². The molecule has 1 atom stereocenters. The number of aliphatic hydroxyl groups excluding tert-OH is 1. The summed E-state index contributed by atoms with van der Waals surface area (Å²) >= 11 is 3.53. The number of hydrogen-bond acceptors (Lipinski definition) is 2. The number of halogens is 1. The van der Waals surface area contributed by atoms with Crippen molar-refractivity contribution in [1.82, 2.24) is 0 Å². The maximum Gasteiger partial charge on any atom is 0.128 e. The Morgan fingerprint density at radius 1 is 1.24 bits per heavy atom. The Bertz CT molecular complexity index is 679. The lowest BCUT2D eigenvalue weighted by atomic mass is 9.95. The molecule has 2 aromatic rings. The normalized spacial score (nSPS) is 14.7. The summed E-state index contributed by atoms with van der Waals surface area (Å²) in [6, 6.07) is 10.4. The third-order valence-corrected chi connectivity index (χ3v) is 4.51. The molecule has 1 aliphatic heterocycles. The van der Waals surface area contributed by atoms with Crippen molar-refractivity contribution in [1.29, 1.82) is 0 Å². The van der Waals surface area contributed by atoms with Crippen LogP contribution >= 0.6 is 15.9 Å². The predicted molar refractivity (Wildman–Crippen MR) is 87.9 cm³/mol. The van der Waals surface area contributed by atoms with E-state index in [2.05, 4.69) is 54.0 Å². The van der Waals surface area contributed by atoms with E-state index in [1.807, 2.05) is 6.07 Å². The number of ether oxygens (including phenoxy) is 1. The molecule has 1 heterocycles. The zero-order valence-corrected chi connectivity index (χ0v) is 13.9. The lowest BCUT2D eigenvalue weighted by Crippen LogP contribution is -2.05. The second-order valence-electron chi connectivity index (χ2n) is 5.73. The van der Waals surface area contributed by atoms with E-state index in [0.29, 0.717) is 13.0 Å². The minimum absolute atomic E-state index is 0.546. The number of hydrogen-bond donors (Lipinski definition) is 1. The van der Waals surface area contributed by atoms with E-state index in [9.17, 15) is 5.11 Å². The van der Waals surface area contributed by atoms with Gasteiger partial charge in [0.15, 0.2) is 0 Å². The molecule has 1 unspecified atom stereocenters. The van der Waals surface area contributed by atoms with Gasteiger partial charge in [-0.25, -0.2) is 0 Å². The SMILES string of the molecule is Cc1ccc(C)c(CC(O)c2cc(Br)cc3c2OCC3)c1. The lowest BCUT2D eigenvalue weighted by molar-refractivity contribution is 0.173. The van der Waals surface area contributed by atoms with Crippen LogP contribution in [0.25, 0.3) is 0 Å². The molecule has 0 saturated heterocycles. The molecule has 0 spiro atoms. The molecule has 0 fully saturated rings. The average molecular weight is 347 g/mol. The Labute approximate surface area is 133 Å². The van der Waals surface area contributed by atoms with Gasteiger partial charge >= 0.3 is 0 Å². The molecule has 3 rings (SSSR count). The van der Waals surface area contributed by atoms with E-state index in [0.717, 1.165) is 22.2 Å². The molecular formula is C18H19BrO2. The fraction of sp³-hybridized carbons (Fsp3) is 0.333. The van der Waals surface area contributed by atoms with Crippen molar-refractivity contribution < 1.29 is 9.84 Å². The second kappa shape index (κ2) is 5.82. The summed E-state index contributed by atoms with van der Waals surface area (Å²) in [7, 11) is 0. The van der Waals surface area contributed by atoms with Crippen molar-refractivity contribution in [2.24, 2.45) is 0 Å². The minimum Gasteiger partial charge on any atom is -0.493 e. The highest BCUT2D eigenvalue weighted by atomic mass is 79.9. The molecule has 0 aromatic heterocycles. The van der Waals surface area contributed by atoms with Gasteiger partial charge < -0.3 is 9.84 Å². The van der Waals surface area contributed by atoms with Crippen LogP contribution in [0.15, 0.2) is 34.8 Å². The standard InChI is InChI=1S/C18H19BrO2/c1-11-3-4-12(2)14(7-11)9-17(20)16-10-15(19)8-13-5-6-21-18(13)16/h3-4,7-8,10,17,20H,5-6,9H2,1-2H3. The number of rotatable bonds is 3. The van der Waals surface area contributed by atoms with E-state index in [1.165, 1.54) is 22.3 Å². The molecule has 0 bridgehead atoms. The Kier molecular flexibility index (Phi) is 4.05. The molecule has 1 aliphatic rings. The summed E-state index contributed by atoms with van der Waals surface area (Å²) in [4.78, 5) is 0. The molecule has 1 N–H and O–H groups in total. The van der Waals surface area contributed by atoms with E-state index in [-0.39, 0.29) is 0 Å². The first-order chi connectivity index (χ1) is 10.0. The van der Waals surface area contributed by atoms with Crippen molar-refractivity contribution in [3.63, 3.8) is 0 Å². The van der Waals surface area contributed by atoms with Gasteiger partial charge in [-0.3, -0.25) is 0 Å². The molecule has 0 amide bonds. The molecule has 3 heteroatoms. The molecule has 2 aromatic carbocycles. The van der Waals surface area contributed by atoms with Gasteiger partial charge in [0.2, 0.25) is 0 Å². The quantitative estimate of drug-likeness (QED) is 0.898. The predicted octanol–water partition coefficient (Wildman–Crippen LogP) is 4.28. The van der Waals surface area contributed by atoms with Crippen molar-refractivity contribution in [2.75, 3.05) is 6.61 Å². The zero-order valence-electron chi connectivity index (χ0n) is 12.3. The third kappa shape index (κ3) is 2.99. The fourth-order valence-corrected chi connectivity index (χ4v) is 3.41. The van der Waals surface area contributed by atoms with Gasteiger partial charge in [-0.1, -0.05) is 39.7 Å². The lowest BCUT2D eigenvalue weighted by Gasteiger charge is -2.17. The summed E-state index contributed by atoms with van der Waals surface area (Å²) in [5, 5.41) is 10.7. The fourth-order valence-electron chi connectivity index (χ4n) is 2.88. The van der Waals surface area contributed by atoms with Crippen molar-refractivity contribution in [2.45, 2.75) is 32.8 Å². The molecule has 2 nitrogen and oxygen atoms in total. The van der Waals surface area contributed by atoms with Crippen LogP contribution in [0.4, 0.5) is 0 Å². The smallest absolute Gasteiger partial charge is 0.128 e. The van der Waals surface area contributed by atoms with Crippen LogP contribution < -0.4 is 4.74 Å². The van der Waals surface area contributed by atoms with Crippen molar-refractivity contribution >= 4 is 15.9 Å². The van der Waals surface area contributed by atoms with Gasteiger partial charge in [-0.2, -0.15) is 0 Å². The van der Waals surface area contributed by atoms with Crippen LogP contribution in [0.5, 0.6) is 5.75 Å². The van der Waals surface area contributed by atoms with E-state index < -0.39 is 6.10 Å². The van der Waals surface area contributed by atoms with Crippen LogP contribution in [0.2, 0.25) is 0 Å². The first kappa shape index (κ1) is 14.6. The van der Waals surface area contributed by atoms with Gasteiger partial charge in [0.05, 0.1) is 12.7 Å². The van der Waals surface area contributed by atoms with Gasteiger partial charge in [-0.05, 0) is 42.7 Å². The van der Waals surface area contributed by atoms with Crippen molar-refractivity contribution in [3.05, 3.63) is 62.6 Å². The van der Waals surface area contributed by atoms with Crippen molar-refractivity contribution in [3.8, 4) is 5.75 Å². The zero-order chi connectivity index (χ0) is 15.0. The minimum atomic E-state index is -0.546. The van der Waals surface area contributed by atoms with Crippen LogP contribution in [0.1, 0.15) is 33.9 Å². The molecule has 110 valence electrons. The highest BCUT2D eigenvalue weighted by Gasteiger charge is 2.22. The topological polar surface area (TPSA) is 29.5 Å². The molecule has 0 aliphatic carbocycles. The average Bonchev–Trinajstić information content (AvgIpc) is 2.89. The van der Waals surface area contributed by atoms with Gasteiger partial charge in [0.1, 0.15) is 5.75 Å². The summed E-state index contributed by atoms with van der Waals surface area (Å²) in [5.41, 5.74) is 5.69. The number of fused-ring (bicyclic) bond motifs is 1. The molecule has 0 radical (unpaired) electrons. The maximum absolute atomic E-state index is 10.7. The number of aliphatic hydroxyl groups is 1. The summed E-state index contributed by atoms with van der Waals surface area (Å²) in [5.74, 6) is 0.871. The third-order valence-electron chi connectivity index (χ3n) is 4.05. The molecular weight excluding hydrogens is 328 g/mol. The largest absolute Gasteiger partial charge is 0.493 e. The van der Waals surface area contributed by atoms with Gasteiger partial charge in [0, 0.05) is 22.9 Å². The van der Waals surface area contributed by atoms with E-state index in [1.54, 1.807) is 0 Å². The van der Waals surface area contributed by atoms with Crippen LogP contribution in [0, 0.1) is 13.8 Å². The van der Waals surface area contributed by atoms with Gasteiger partial charge in [0.25, 0.3) is 0 Å².